The van der Waals surface area contributed by atoms with Crippen LogP contribution in [0.1, 0.15) is 30.4 Å². The molecule has 2 aromatic carbocycles. The molecule has 0 bridgehead atoms. The SMILES string of the molecule is O=CCC1(c2ccc(Cl)c(Cl)c2)CCCN(C(=O)Cc2cc(Cl)cc(Cl)c2)C1. The average molecular weight is 459 g/mol. The Morgan fingerprint density at radius 1 is 1.04 bits per heavy atom. The van der Waals surface area contributed by atoms with E-state index in [0.717, 1.165) is 30.3 Å². The Kier molecular flexibility index (Phi) is 6.93. The fraction of sp³-hybridized carbons (Fsp3) is 0.333. The molecule has 0 radical (unpaired) electrons. The molecule has 1 fully saturated rings. The zero-order valence-corrected chi connectivity index (χ0v) is 18.1. The van der Waals surface area contributed by atoms with Crippen molar-refractivity contribution in [3.63, 3.8) is 0 Å². The summed E-state index contributed by atoms with van der Waals surface area (Å²) in [6.45, 7) is 1.10. The quantitative estimate of drug-likeness (QED) is 0.515. The Hall–Kier alpha value is -1.26. The molecule has 0 aromatic heterocycles. The number of rotatable bonds is 5. The van der Waals surface area contributed by atoms with Gasteiger partial charge in [0, 0.05) is 35.0 Å². The summed E-state index contributed by atoms with van der Waals surface area (Å²) in [6, 6.07) is 10.6. The highest BCUT2D eigenvalue weighted by Crippen LogP contribution is 2.39. The summed E-state index contributed by atoms with van der Waals surface area (Å²) in [4.78, 5) is 26.2. The summed E-state index contributed by atoms with van der Waals surface area (Å²) >= 11 is 24.3. The van der Waals surface area contributed by atoms with Crippen LogP contribution in [0.5, 0.6) is 0 Å². The van der Waals surface area contributed by atoms with Crippen LogP contribution in [0.3, 0.4) is 0 Å². The van der Waals surface area contributed by atoms with E-state index in [4.69, 9.17) is 46.4 Å². The fourth-order valence-electron chi connectivity index (χ4n) is 3.85. The number of benzene rings is 2. The van der Waals surface area contributed by atoms with E-state index in [-0.39, 0.29) is 12.3 Å². The maximum absolute atomic E-state index is 12.9. The number of carbonyl (C=O) groups excluding carboxylic acids is 2. The van der Waals surface area contributed by atoms with Gasteiger partial charge < -0.3 is 9.69 Å². The van der Waals surface area contributed by atoms with Crippen LogP contribution < -0.4 is 0 Å². The molecule has 1 aliphatic rings. The van der Waals surface area contributed by atoms with Gasteiger partial charge in [0.1, 0.15) is 6.29 Å². The monoisotopic (exact) mass is 457 g/mol. The Labute approximate surface area is 184 Å². The maximum Gasteiger partial charge on any atom is 0.227 e. The first-order valence-electron chi connectivity index (χ1n) is 8.95. The minimum Gasteiger partial charge on any atom is -0.342 e. The number of carbonyl (C=O) groups is 2. The third-order valence-electron chi connectivity index (χ3n) is 5.21. The molecule has 148 valence electrons. The van der Waals surface area contributed by atoms with Crippen LogP contribution in [0.4, 0.5) is 0 Å². The summed E-state index contributed by atoms with van der Waals surface area (Å²) in [5.41, 5.74) is 1.23. The molecule has 1 saturated heterocycles. The molecule has 0 spiro atoms. The van der Waals surface area contributed by atoms with Crippen molar-refractivity contribution in [1.82, 2.24) is 4.90 Å². The van der Waals surface area contributed by atoms with Crippen LogP contribution in [-0.4, -0.2) is 30.2 Å². The first-order chi connectivity index (χ1) is 13.3. The molecular weight excluding hydrogens is 440 g/mol. The summed E-state index contributed by atoms with van der Waals surface area (Å²) in [6.07, 6.45) is 3.04. The van der Waals surface area contributed by atoms with Crippen LogP contribution in [0.2, 0.25) is 20.1 Å². The third kappa shape index (κ3) is 4.83. The van der Waals surface area contributed by atoms with E-state index in [1.807, 2.05) is 11.0 Å². The number of aldehydes is 1. The van der Waals surface area contributed by atoms with Crippen LogP contribution >= 0.6 is 46.4 Å². The Bertz CT molecular complexity index is 882. The van der Waals surface area contributed by atoms with E-state index in [2.05, 4.69) is 0 Å². The van der Waals surface area contributed by atoms with Gasteiger partial charge in [0.05, 0.1) is 16.5 Å². The van der Waals surface area contributed by atoms with E-state index >= 15 is 0 Å². The van der Waals surface area contributed by atoms with Crippen molar-refractivity contribution in [3.8, 4) is 0 Å². The van der Waals surface area contributed by atoms with Crippen molar-refractivity contribution >= 4 is 58.6 Å². The fourth-order valence-corrected chi connectivity index (χ4v) is 4.72. The van der Waals surface area contributed by atoms with Crippen molar-refractivity contribution in [2.24, 2.45) is 0 Å². The zero-order chi connectivity index (χ0) is 20.3. The smallest absolute Gasteiger partial charge is 0.227 e. The van der Waals surface area contributed by atoms with Gasteiger partial charge in [-0.3, -0.25) is 4.79 Å². The van der Waals surface area contributed by atoms with Gasteiger partial charge in [-0.05, 0) is 54.3 Å². The molecule has 1 heterocycles. The van der Waals surface area contributed by atoms with Crippen molar-refractivity contribution in [1.29, 1.82) is 0 Å². The van der Waals surface area contributed by atoms with E-state index < -0.39 is 5.41 Å². The second-order valence-corrected chi connectivity index (χ2v) is 8.84. The zero-order valence-electron chi connectivity index (χ0n) is 15.1. The average Bonchev–Trinajstić information content (AvgIpc) is 2.63. The molecular formula is C21H19Cl4NO2. The second-order valence-electron chi connectivity index (χ2n) is 7.15. The minimum atomic E-state index is -0.462. The highest BCUT2D eigenvalue weighted by atomic mass is 35.5. The van der Waals surface area contributed by atoms with Gasteiger partial charge in [-0.15, -0.1) is 0 Å². The number of likely N-dealkylation sites (tertiary alicyclic amines) is 1. The van der Waals surface area contributed by atoms with Crippen LogP contribution in [-0.2, 0) is 21.4 Å². The minimum absolute atomic E-state index is 0.0200. The summed E-state index contributed by atoms with van der Waals surface area (Å²) in [5, 5.41) is 1.91. The first kappa shape index (κ1) is 21.4. The number of hydrogen-bond donors (Lipinski definition) is 0. The lowest BCUT2D eigenvalue weighted by atomic mass is 9.72. The molecule has 3 nitrogen and oxygen atoms in total. The lowest BCUT2D eigenvalue weighted by Crippen LogP contribution is -2.49. The number of nitrogens with zero attached hydrogens (tertiary/aromatic N) is 1. The molecule has 0 aliphatic carbocycles. The Morgan fingerprint density at radius 3 is 2.39 bits per heavy atom. The molecule has 1 amide bonds. The topological polar surface area (TPSA) is 37.4 Å². The lowest BCUT2D eigenvalue weighted by Gasteiger charge is -2.42. The first-order valence-corrected chi connectivity index (χ1v) is 10.5. The normalized spacial score (nSPS) is 19.5. The maximum atomic E-state index is 12.9. The predicted octanol–water partition coefficient (Wildman–Crippen LogP) is 5.99. The van der Waals surface area contributed by atoms with Gasteiger partial charge in [-0.1, -0.05) is 52.5 Å². The van der Waals surface area contributed by atoms with Crippen LogP contribution in [0.25, 0.3) is 0 Å². The van der Waals surface area contributed by atoms with Gasteiger partial charge >= 0.3 is 0 Å². The van der Waals surface area contributed by atoms with E-state index in [1.54, 1.807) is 30.3 Å². The Morgan fingerprint density at radius 2 is 1.75 bits per heavy atom. The molecule has 7 heteroatoms. The third-order valence-corrected chi connectivity index (χ3v) is 6.39. The second kappa shape index (κ2) is 9.04. The standard InChI is InChI=1S/C21H19Cl4NO2/c22-16-8-14(9-17(23)12-16)10-20(28)26-6-1-4-21(13-26,5-7-27)15-2-3-18(24)19(25)11-15/h2-3,7-9,11-12H,1,4-6,10,13H2. The van der Waals surface area contributed by atoms with Gasteiger partial charge in [0.25, 0.3) is 0 Å². The highest BCUT2D eigenvalue weighted by Gasteiger charge is 2.38. The summed E-state index contributed by atoms with van der Waals surface area (Å²) in [7, 11) is 0. The van der Waals surface area contributed by atoms with E-state index in [9.17, 15) is 9.59 Å². The number of halogens is 4. The summed E-state index contributed by atoms with van der Waals surface area (Å²) in [5.74, 6) is -0.0200. The van der Waals surface area contributed by atoms with Crippen molar-refractivity contribution < 1.29 is 9.59 Å². The van der Waals surface area contributed by atoms with Crippen LogP contribution in [0, 0.1) is 0 Å². The predicted molar refractivity (Wildman–Crippen MR) is 115 cm³/mol. The van der Waals surface area contributed by atoms with Crippen molar-refractivity contribution in [2.75, 3.05) is 13.1 Å². The lowest BCUT2D eigenvalue weighted by molar-refractivity contribution is -0.133. The van der Waals surface area contributed by atoms with E-state index in [0.29, 0.717) is 39.6 Å². The summed E-state index contributed by atoms with van der Waals surface area (Å²) < 4.78 is 0. The number of amides is 1. The largest absolute Gasteiger partial charge is 0.342 e. The number of piperidine rings is 1. The molecule has 1 atom stereocenters. The molecule has 28 heavy (non-hydrogen) atoms. The Balaban J connectivity index is 1.84. The number of hydrogen-bond acceptors (Lipinski definition) is 2. The van der Waals surface area contributed by atoms with Gasteiger partial charge in [0.15, 0.2) is 0 Å². The molecule has 0 saturated carbocycles. The molecule has 1 unspecified atom stereocenters. The van der Waals surface area contributed by atoms with Gasteiger partial charge in [0.2, 0.25) is 5.91 Å². The van der Waals surface area contributed by atoms with E-state index in [1.165, 1.54) is 0 Å². The van der Waals surface area contributed by atoms with Gasteiger partial charge in [-0.25, -0.2) is 0 Å². The molecule has 3 rings (SSSR count). The molecule has 1 aliphatic heterocycles. The van der Waals surface area contributed by atoms with Crippen LogP contribution in [0.15, 0.2) is 36.4 Å². The van der Waals surface area contributed by atoms with Crippen molar-refractivity contribution in [3.05, 3.63) is 67.6 Å². The molecule has 2 aromatic rings. The van der Waals surface area contributed by atoms with Crippen molar-refractivity contribution in [2.45, 2.75) is 31.1 Å². The molecule has 0 N–H and O–H groups in total. The highest BCUT2D eigenvalue weighted by molar-refractivity contribution is 6.42. The van der Waals surface area contributed by atoms with Gasteiger partial charge in [-0.2, -0.15) is 0 Å².